The summed E-state index contributed by atoms with van der Waals surface area (Å²) >= 11 is 0. The first-order valence-corrected chi connectivity index (χ1v) is 7.82. The zero-order valence-electron chi connectivity index (χ0n) is 12.3. The van der Waals surface area contributed by atoms with Gasteiger partial charge < -0.3 is 5.32 Å². The molecule has 2 aliphatic rings. The Labute approximate surface area is 113 Å². The first-order valence-electron chi connectivity index (χ1n) is 7.82. The molecule has 1 atom stereocenters. The highest BCUT2D eigenvalue weighted by atomic mass is 15.2. The number of hydrogen-bond acceptors (Lipinski definition) is 2. The smallest absolute Gasteiger partial charge is 0.0365 e. The van der Waals surface area contributed by atoms with E-state index in [0.717, 1.165) is 13.0 Å². The summed E-state index contributed by atoms with van der Waals surface area (Å²) in [6.07, 6.45) is 9.53. The van der Waals surface area contributed by atoms with Crippen molar-refractivity contribution < 1.29 is 0 Å². The van der Waals surface area contributed by atoms with E-state index in [-0.39, 0.29) is 0 Å². The Morgan fingerprint density at radius 2 is 1.83 bits per heavy atom. The molecule has 1 N–H and O–H groups in total. The Morgan fingerprint density at radius 3 is 2.33 bits per heavy atom. The topological polar surface area (TPSA) is 15.3 Å². The molecule has 0 aromatic rings. The monoisotopic (exact) mass is 250 g/mol. The zero-order chi connectivity index (χ0) is 13.0. The van der Waals surface area contributed by atoms with Crippen molar-refractivity contribution in [2.45, 2.75) is 70.4 Å². The fourth-order valence-corrected chi connectivity index (χ4v) is 4.08. The maximum atomic E-state index is 4.15. The number of nitrogens with one attached hydrogen (secondary N) is 1. The van der Waals surface area contributed by atoms with Gasteiger partial charge in [-0.1, -0.05) is 25.3 Å². The molecule has 1 unspecified atom stereocenters. The Hall–Kier alpha value is -0.340. The largest absolute Gasteiger partial charge is 0.312 e. The molecule has 0 spiro atoms. The fraction of sp³-hybridized carbons (Fsp3) is 0.875. The zero-order valence-corrected chi connectivity index (χ0v) is 12.3. The molecule has 0 aromatic heterocycles. The van der Waals surface area contributed by atoms with E-state index >= 15 is 0 Å². The standard InChI is InChI=1S/C16H30N2/c1-4-17-15(13-14(2)3)16(9-5-6-10-16)18-11-7-8-12-18/h15,17H,2,4-13H2,1,3H3. The van der Waals surface area contributed by atoms with Crippen LogP contribution in [0.2, 0.25) is 0 Å². The molecule has 2 heteroatoms. The summed E-state index contributed by atoms with van der Waals surface area (Å²) < 4.78 is 0. The molecule has 1 saturated heterocycles. The summed E-state index contributed by atoms with van der Waals surface area (Å²) in [5.41, 5.74) is 1.76. The average Bonchev–Trinajstić information content (AvgIpc) is 3.00. The van der Waals surface area contributed by atoms with Crippen LogP contribution < -0.4 is 5.32 Å². The predicted molar refractivity (Wildman–Crippen MR) is 78.9 cm³/mol. The van der Waals surface area contributed by atoms with E-state index in [0.29, 0.717) is 11.6 Å². The normalized spacial score (nSPS) is 25.4. The molecule has 104 valence electrons. The lowest BCUT2D eigenvalue weighted by atomic mass is 9.83. The third kappa shape index (κ3) is 2.80. The molecule has 1 aliphatic heterocycles. The fourth-order valence-electron chi connectivity index (χ4n) is 4.08. The van der Waals surface area contributed by atoms with Gasteiger partial charge in [-0.3, -0.25) is 4.90 Å². The first kappa shape index (κ1) is 14.1. The van der Waals surface area contributed by atoms with Crippen LogP contribution in [-0.2, 0) is 0 Å². The first-order chi connectivity index (χ1) is 8.69. The average molecular weight is 250 g/mol. The Kier molecular flexibility index (Phi) is 4.85. The third-order valence-electron chi connectivity index (χ3n) is 4.86. The lowest BCUT2D eigenvalue weighted by Gasteiger charge is -2.45. The second-order valence-electron chi connectivity index (χ2n) is 6.28. The van der Waals surface area contributed by atoms with E-state index in [4.69, 9.17) is 0 Å². The van der Waals surface area contributed by atoms with E-state index in [2.05, 4.69) is 30.6 Å². The van der Waals surface area contributed by atoms with Crippen LogP contribution in [0, 0.1) is 0 Å². The highest BCUT2D eigenvalue weighted by Crippen LogP contribution is 2.41. The molecular formula is C16H30N2. The number of hydrogen-bond donors (Lipinski definition) is 1. The highest BCUT2D eigenvalue weighted by Gasteiger charge is 2.45. The molecule has 18 heavy (non-hydrogen) atoms. The van der Waals surface area contributed by atoms with Crippen LogP contribution >= 0.6 is 0 Å². The van der Waals surface area contributed by atoms with Crippen LogP contribution in [0.1, 0.15) is 58.8 Å². The van der Waals surface area contributed by atoms with Crippen molar-refractivity contribution in [3.63, 3.8) is 0 Å². The van der Waals surface area contributed by atoms with E-state index in [9.17, 15) is 0 Å². The van der Waals surface area contributed by atoms with Crippen molar-refractivity contribution >= 4 is 0 Å². The molecule has 0 aromatic carbocycles. The lowest BCUT2D eigenvalue weighted by Crippen LogP contribution is -2.59. The summed E-state index contributed by atoms with van der Waals surface area (Å²) in [7, 11) is 0. The van der Waals surface area contributed by atoms with E-state index in [1.54, 1.807) is 0 Å². The predicted octanol–water partition coefficient (Wildman–Crippen LogP) is 3.34. The van der Waals surface area contributed by atoms with Gasteiger partial charge in [0.25, 0.3) is 0 Å². The van der Waals surface area contributed by atoms with Gasteiger partial charge in [0.15, 0.2) is 0 Å². The number of rotatable bonds is 6. The van der Waals surface area contributed by atoms with Gasteiger partial charge in [-0.2, -0.15) is 0 Å². The summed E-state index contributed by atoms with van der Waals surface area (Å²) in [5.74, 6) is 0. The molecule has 2 rings (SSSR count). The Bertz CT molecular complexity index is 273. The minimum atomic E-state index is 0.436. The SMILES string of the molecule is C=C(C)CC(NCC)C1(N2CCCC2)CCCC1. The van der Waals surface area contributed by atoms with Gasteiger partial charge in [-0.25, -0.2) is 0 Å². The molecule has 1 saturated carbocycles. The minimum absolute atomic E-state index is 0.436. The molecule has 1 aliphatic carbocycles. The molecule has 0 radical (unpaired) electrons. The van der Waals surface area contributed by atoms with Crippen LogP contribution in [0.15, 0.2) is 12.2 Å². The summed E-state index contributed by atoms with van der Waals surface area (Å²) in [6, 6.07) is 0.612. The van der Waals surface area contributed by atoms with E-state index in [1.807, 2.05) is 0 Å². The van der Waals surface area contributed by atoms with Gasteiger partial charge in [0, 0.05) is 11.6 Å². The maximum absolute atomic E-state index is 4.15. The van der Waals surface area contributed by atoms with Gasteiger partial charge in [0.05, 0.1) is 0 Å². The molecule has 0 bridgehead atoms. The number of nitrogens with zero attached hydrogens (tertiary/aromatic N) is 1. The van der Waals surface area contributed by atoms with Gasteiger partial charge in [-0.15, -0.1) is 6.58 Å². The second-order valence-corrected chi connectivity index (χ2v) is 6.28. The summed E-state index contributed by atoms with van der Waals surface area (Å²) in [5, 5.41) is 3.77. The summed E-state index contributed by atoms with van der Waals surface area (Å²) in [6.45, 7) is 12.3. The number of likely N-dealkylation sites (tertiary alicyclic amines) is 1. The Balaban J connectivity index is 2.16. The van der Waals surface area contributed by atoms with Crippen molar-refractivity contribution in [1.29, 1.82) is 0 Å². The van der Waals surface area contributed by atoms with Gasteiger partial charge in [-0.05, 0) is 58.7 Å². The van der Waals surface area contributed by atoms with Crippen molar-refractivity contribution in [3.8, 4) is 0 Å². The number of likely N-dealkylation sites (N-methyl/N-ethyl adjacent to an activating group) is 1. The van der Waals surface area contributed by atoms with Crippen LogP contribution in [0.3, 0.4) is 0 Å². The highest BCUT2D eigenvalue weighted by molar-refractivity contribution is 5.09. The van der Waals surface area contributed by atoms with E-state index < -0.39 is 0 Å². The molecule has 1 heterocycles. The van der Waals surface area contributed by atoms with Crippen LogP contribution in [0.25, 0.3) is 0 Å². The summed E-state index contributed by atoms with van der Waals surface area (Å²) in [4.78, 5) is 2.80. The van der Waals surface area contributed by atoms with Crippen molar-refractivity contribution in [1.82, 2.24) is 10.2 Å². The second kappa shape index (κ2) is 6.21. The third-order valence-corrected chi connectivity index (χ3v) is 4.86. The Morgan fingerprint density at radius 1 is 1.22 bits per heavy atom. The van der Waals surface area contributed by atoms with Crippen molar-refractivity contribution in [2.75, 3.05) is 19.6 Å². The molecule has 0 amide bonds. The van der Waals surface area contributed by atoms with Gasteiger partial charge >= 0.3 is 0 Å². The maximum Gasteiger partial charge on any atom is 0.0365 e. The van der Waals surface area contributed by atoms with Crippen molar-refractivity contribution in [3.05, 3.63) is 12.2 Å². The molecule has 2 fully saturated rings. The lowest BCUT2D eigenvalue weighted by molar-refractivity contribution is 0.0773. The van der Waals surface area contributed by atoms with Crippen molar-refractivity contribution in [2.24, 2.45) is 0 Å². The minimum Gasteiger partial charge on any atom is -0.312 e. The molecule has 2 nitrogen and oxygen atoms in total. The molecular weight excluding hydrogens is 220 g/mol. The van der Waals surface area contributed by atoms with Gasteiger partial charge in [0.2, 0.25) is 0 Å². The van der Waals surface area contributed by atoms with Crippen LogP contribution in [0.5, 0.6) is 0 Å². The van der Waals surface area contributed by atoms with Crippen LogP contribution in [0.4, 0.5) is 0 Å². The van der Waals surface area contributed by atoms with Crippen LogP contribution in [-0.4, -0.2) is 36.1 Å². The van der Waals surface area contributed by atoms with Gasteiger partial charge in [0.1, 0.15) is 0 Å². The van der Waals surface area contributed by atoms with E-state index in [1.165, 1.54) is 57.2 Å². The quantitative estimate of drug-likeness (QED) is 0.727.